The normalized spacial score (nSPS) is 17.3. The molecule has 0 spiro atoms. The first-order valence-electron chi connectivity index (χ1n) is 17.6. The Morgan fingerprint density at radius 2 is 1.15 bits per heavy atom. The lowest BCUT2D eigenvalue weighted by atomic mass is 9.81. The highest BCUT2D eigenvalue weighted by molar-refractivity contribution is 7.80. The van der Waals surface area contributed by atoms with Gasteiger partial charge in [-0.05, 0) is 70.0 Å². The van der Waals surface area contributed by atoms with Crippen LogP contribution in [0.5, 0.6) is 0 Å². The average Bonchev–Trinajstić information content (AvgIpc) is 3.77. The van der Waals surface area contributed by atoms with Crippen molar-refractivity contribution >= 4 is 35.1 Å². The van der Waals surface area contributed by atoms with E-state index in [1.165, 1.54) is 32.6 Å². The number of ether oxygens (including phenoxy) is 2. The third kappa shape index (κ3) is 10.9. The number of amides is 1. The molecule has 2 aliphatic carbocycles. The van der Waals surface area contributed by atoms with E-state index in [1.807, 2.05) is 31.2 Å². The van der Waals surface area contributed by atoms with Crippen molar-refractivity contribution in [3.63, 3.8) is 0 Å². The van der Waals surface area contributed by atoms with Gasteiger partial charge in [-0.2, -0.15) is 0 Å². The molecular formula is C39H57N3O5S. The van der Waals surface area contributed by atoms with E-state index in [1.54, 1.807) is 0 Å². The molecule has 2 atom stereocenters. The lowest BCUT2D eigenvalue weighted by Crippen LogP contribution is -2.49. The molecule has 0 saturated heterocycles. The molecule has 0 bridgehead atoms. The molecule has 0 radical (unpaired) electrons. The van der Waals surface area contributed by atoms with Gasteiger partial charge in [-0.3, -0.25) is 4.79 Å². The highest BCUT2D eigenvalue weighted by Crippen LogP contribution is 2.43. The first-order valence-corrected chi connectivity index (χ1v) is 18.0. The van der Waals surface area contributed by atoms with Crippen molar-refractivity contribution in [2.45, 2.75) is 116 Å². The summed E-state index contributed by atoms with van der Waals surface area (Å²) in [6, 6.07) is 15.1. The summed E-state index contributed by atoms with van der Waals surface area (Å²) in [5.74, 6) is -0.722. The number of nitrogens with two attached hydrogens (primary N) is 1. The summed E-state index contributed by atoms with van der Waals surface area (Å²) in [6.45, 7) is 6.75. The Bertz CT molecular complexity index is 1230. The lowest BCUT2D eigenvalue weighted by molar-refractivity contribution is -0.146. The first-order chi connectivity index (χ1) is 23.0. The standard InChI is InChI=1S/C20H29NO2S.C19H28N2O3/c1-4-11-20(12-5-6-13-20)19(24)21-17(18(22)23-3)14-16-9-7-15(2)8-10-16;1-14-5-7-15(8-6-14)13-16(17(22)24-2)21-18(23)19(11-12-20)9-3-4-10-19/h7-10,17H,4-6,11-14H2,1-3H3,(H,21,24);5-8,16H,3-4,9-13,20H2,1-2H3,(H,21,23). The SMILES string of the molecule is CCCC1(C(=S)NC(Cc2ccc(C)cc2)C(=O)OC)CCCC1.COC(=O)C(Cc1ccc(C)cc1)NC(=O)C1(CCN)CCCC1. The maximum absolute atomic E-state index is 12.9. The fraction of sp³-hybridized carbons (Fsp3) is 0.590. The van der Waals surface area contributed by atoms with Crippen LogP contribution in [0.1, 0.15) is 99.8 Å². The Morgan fingerprint density at radius 3 is 1.54 bits per heavy atom. The van der Waals surface area contributed by atoms with E-state index >= 15 is 0 Å². The maximum atomic E-state index is 12.9. The molecule has 2 aromatic carbocycles. The van der Waals surface area contributed by atoms with Gasteiger partial charge in [0, 0.05) is 18.3 Å². The number of carbonyl (C=O) groups excluding carboxylic acids is 3. The lowest BCUT2D eigenvalue weighted by Gasteiger charge is -2.32. The Balaban J connectivity index is 0.000000260. The molecule has 2 fully saturated rings. The van der Waals surface area contributed by atoms with Crippen molar-refractivity contribution in [1.82, 2.24) is 10.6 Å². The van der Waals surface area contributed by atoms with Crippen LogP contribution in [0.15, 0.2) is 48.5 Å². The van der Waals surface area contributed by atoms with E-state index < -0.39 is 23.5 Å². The van der Waals surface area contributed by atoms with Gasteiger partial charge in [0.2, 0.25) is 5.91 Å². The summed E-state index contributed by atoms with van der Waals surface area (Å²) < 4.78 is 9.89. The van der Waals surface area contributed by atoms with Crippen molar-refractivity contribution in [1.29, 1.82) is 0 Å². The topological polar surface area (TPSA) is 120 Å². The summed E-state index contributed by atoms with van der Waals surface area (Å²) in [5.41, 5.74) is 9.84. The second-order valence-electron chi connectivity index (χ2n) is 13.7. The largest absolute Gasteiger partial charge is 0.467 e. The van der Waals surface area contributed by atoms with E-state index in [2.05, 4.69) is 48.7 Å². The number of rotatable bonds is 14. The average molecular weight is 680 g/mol. The van der Waals surface area contributed by atoms with E-state index in [4.69, 9.17) is 27.4 Å². The third-order valence-corrected chi connectivity index (χ3v) is 10.7. The fourth-order valence-electron chi connectivity index (χ4n) is 7.25. The number of carbonyl (C=O) groups is 3. The van der Waals surface area contributed by atoms with Gasteiger partial charge in [0.25, 0.3) is 0 Å². The fourth-order valence-corrected chi connectivity index (χ4v) is 7.70. The highest BCUT2D eigenvalue weighted by atomic mass is 32.1. The van der Waals surface area contributed by atoms with Crippen LogP contribution in [0.3, 0.4) is 0 Å². The van der Waals surface area contributed by atoms with Gasteiger partial charge < -0.3 is 25.8 Å². The summed E-state index contributed by atoms with van der Waals surface area (Å²) in [5, 5.41) is 6.28. The molecule has 264 valence electrons. The summed E-state index contributed by atoms with van der Waals surface area (Å²) in [7, 11) is 2.79. The molecule has 0 aromatic heterocycles. The molecule has 4 rings (SSSR count). The number of aryl methyl sites for hydroxylation is 2. The van der Waals surface area contributed by atoms with Gasteiger partial charge in [0.15, 0.2) is 0 Å². The Hall–Kier alpha value is -3.30. The van der Waals surface area contributed by atoms with Crippen molar-refractivity contribution in [3.8, 4) is 0 Å². The minimum Gasteiger partial charge on any atom is -0.467 e. The van der Waals surface area contributed by atoms with Gasteiger partial charge in [0.05, 0.1) is 24.6 Å². The van der Waals surface area contributed by atoms with Crippen LogP contribution < -0.4 is 16.4 Å². The molecule has 0 aliphatic heterocycles. The second-order valence-corrected chi connectivity index (χ2v) is 14.1. The molecule has 2 aromatic rings. The van der Waals surface area contributed by atoms with Crippen LogP contribution >= 0.6 is 12.2 Å². The zero-order valence-corrected chi connectivity index (χ0v) is 30.5. The number of esters is 2. The predicted octanol–water partition coefficient (Wildman–Crippen LogP) is 6.46. The zero-order valence-electron chi connectivity index (χ0n) is 29.7. The summed E-state index contributed by atoms with van der Waals surface area (Å²) >= 11 is 5.75. The number of methoxy groups -OCH3 is 2. The van der Waals surface area contributed by atoms with Crippen LogP contribution in [0.2, 0.25) is 0 Å². The Kier molecular flexibility index (Phi) is 15.5. The van der Waals surface area contributed by atoms with E-state index in [0.717, 1.165) is 73.0 Å². The van der Waals surface area contributed by atoms with Gasteiger partial charge in [-0.25, -0.2) is 9.59 Å². The third-order valence-electron chi connectivity index (χ3n) is 10.1. The van der Waals surface area contributed by atoms with Gasteiger partial charge in [-0.15, -0.1) is 0 Å². The van der Waals surface area contributed by atoms with Crippen molar-refractivity contribution < 1.29 is 23.9 Å². The van der Waals surface area contributed by atoms with E-state index in [-0.39, 0.29) is 17.3 Å². The molecule has 2 aliphatic rings. The van der Waals surface area contributed by atoms with Crippen LogP contribution in [-0.4, -0.2) is 55.7 Å². The number of hydrogen-bond acceptors (Lipinski definition) is 7. The van der Waals surface area contributed by atoms with Crippen molar-refractivity contribution in [2.24, 2.45) is 16.6 Å². The molecule has 2 unspecified atom stereocenters. The minimum atomic E-state index is -0.666. The number of nitrogens with one attached hydrogen (secondary N) is 2. The molecular weight excluding hydrogens is 623 g/mol. The van der Waals surface area contributed by atoms with Gasteiger partial charge >= 0.3 is 11.9 Å². The van der Waals surface area contributed by atoms with Crippen LogP contribution in [0.25, 0.3) is 0 Å². The monoisotopic (exact) mass is 679 g/mol. The molecule has 0 heterocycles. The van der Waals surface area contributed by atoms with Crippen LogP contribution in [-0.2, 0) is 36.7 Å². The van der Waals surface area contributed by atoms with Crippen LogP contribution in [0, 0.1) is 24.7 Å². The maximum Gasteiger partial charge on any atom is 0.328 e. The minimum absolute atomic E-state index is 0.0621. The smallest absolute Gasteiger partial charge is 0.328 e. The Labute approximate surface area is 293 Å². The predicted molar refractivity (Wildman–Crippen MR) is 196 cm³/mol. The molecule has 48 heavy (non-hydrogen) atoms. The van der Waals surface area contributed by atoms with Gasteiger partial charge in [0.1, 0.15) is 12.1 Å². The number of thiocarbonyl (C=S) groups is 1. The molecule has 4 N–H and O–H groups in total. The van der Waals surface area contributed by atoms with E-state index in [0.29, 0.717) is 25.8 Å². The first kappa shape index (κ1) is 39.1. The summed E-state index contributed by atoms with van der Waals surface area (Å²) in [4.78, 5) is 38.1. The number of hydrogen-bond donors (Lipinski definition) is 3. The second kappa shape index (κ2) is 19.0. The van der Waals surface area contributed by atoms with Crippen LogP contribution in [0.4, 0.5) is 0 Å². The van der Waals surface area contributed by atoms with Gasteiger partial charge in [-0.1, -0.05) is 111 Å². The molecule has 2 saturated carbocycles. The van der Waals surface area contributed by atoms with E-state index in [9.17, 15) is 14.4 Å². The zero-order chi connectivity index (χ0) is 35.2. The van der Waals surface area contributed by atoms with Crippen molar-refractivity contribution in [3.05, 3.63) is 70.8 Å². The highest BCUT2D eigenvalue weighted by Gasteiger charge is 2.42. The molecule has 1 amide bonds. The quantitative estimate of drug-likeness (QED) is 0.154. The molecule has 9 heteroatoms. The number of benzene rings is 2. The molecule has 8 nitrogen and oxygen atoms in total. The summed E-state index contributed by atoms with van der Waals surface area (Å²) in [6.07, 6.45) is 12.4. The van der Waals surface area contributed by atoms with Crippen molar-refractivity contribution in [2.75, 3.05) is 20.8 Å². The Morgan fingerprint density at radius 1 is 0.729 bits per heavy atom.